The molecule has 32 heavy (non-hydrogen) atoms. The Labute approximate surface area is 187 Å². The minimum absolute atomic E-state index is 0.0603. The Hall–Kier alpha value is -3.24. The van der Waals surface area contributed by atoms with E-state index in [2.05, 4.69) is 15.5 Å². The molecular weight excluding hydrogens is 432 g/mol. The number of carbonyl (C=O) groups excluding carboxylic acids is 1. The van der Waals surface area contributed by atoms with Gasteiger partial charge in [0.1, 0.15) is 5.75 Å². The number of carbonyl (C=O) groups is 1. The van der Waals surface area contributed by atoms with Crippen LogP contribution in [0.1, 0.15) is 37.0 Å². The second-order valence-corrected chi connectivity index (χ2v) is 9.07. The number of unbranched alkanes of at least 4 members (excludes halogenated alkanes) is 1. The number of anilines is 1. The first-order chi connectivity index (χ1) is 15.3. The zero-order valence-corrected chi connectivity index (χ0v) is 19.1. The molecular formula is C22H26N4O5S. The number of ether oxygens (including phenoxy) is 1. The molecule has 10 heteroatoms. The first-order valence-electron chi connectivity index (χ1n) is 10.3. The predicted octanol–water partition coefficient (Wildman–Crippen LogP) is 3.81. The Balaban J connectivity index is 1.66. The highest BCUT2D eigenvalue weighted by atomic mass is 32.2. The molecule has 170 valence electrons. The lowest BCUT2D eigenvalue weighted by atomic mass is 10.2. The summed E-state index contributed by atoms with van der Waals surface area (Å²) < 4.78 is 37.4. The Bertz CT molecular complexity index is 1140. The SMILES string of the molecule is CCCCN(C)S(=O)(=O)c1ccc(C(=O)Nc2nnc(-c3ccc(OCC)cc3)o2)cc1. The number of aromatic nitrogens is 2. The van der Waals surface area contributed by atoms with Gasteiger partial charge < -0.3 is 9.15 Å². The lowest BCUT2D eigenvalue weighted by molar-refractivity contribution is 0.102. The van der Waals surface area contributed by atoms with Gasteiger partial charge in [0.2, 0.25) is 15.9 Å². The van der Waals surface area contributed by atoms with Crippen molar-refractivity contribution in [3.63, 3.8) is 0 Å². The molecule has 1 heterocycles. The van der Waals surface area contributed by atoms with Gasteiger partial charge in [-0.1, -0.05) is 18.4 Å². The highest BCUT2D eigenvalue weighted by Gasteiger charge is 2.21. The molecule has 9 nitrogen and oxygen atoms in total. The second-order valence-electron chi connectivity index (χ2n) is 7.03. The van der Waals surface area contributed by atoms with Crippen LogP contribution >= 0.6 is 0 Å². The summed E-state index contributed by atoms with van der Waals surface area (Å²) in [6.45, 7) is 4.91. The van der Waals surface area contributed by atoms with E-state index in [9.17, 15) is 13.2 Å². The average molecular weight is 459 g/mol. The van der Waals surface area contributed by atoms with Crippen LogP contribution in [0.2, 0.25) is 0 Å². The van der Waals surface area contributed by atoms with E-state index in [4.69, 9.17) is 9.15 Å². The van der Waals surface area contributed by atoms with Crippen molar-refractivity contribution in [1.29, 1.82) is 0 Å². The summed E-state index contributed by atoms with van der Waals surface area (Å²) in [5, 5.41) is 10.3. The molecule has 0 spiro atoms. The summed E-state index contributed by atoms with van der Waals surface area (Å²) in [4.78, 5) is 12.6. The monoisotopic (exact) mass is 458 g/mol. The maximum atomic E-state index is 12.6. The zero-order valence-electron chi connectivity index (χ0n) is 18.2. The summed E-state index contributed by atoms with van der Waals surface area (Å²) in [5.41, 5.74) is 0.948. The Morgan fingerprint density at radius 3 is 2.38 bits per heavy atom. The number of nitrogens with one attached hydrogen (secondary N) is 1. The van der Waals surface area contributed by atoms with Crippen molar-refractivity contribution in [3.8, 4) is 17.2 Å². The Kier molecular flexibility index (Phi) is 7.60. The van der Waals surface area contributed by atoms with Crippen LogP contribution in [0.4, 0.5) is 6.01 Å². The van der Waals surface area contributed by atoms with E-state index in [0.717, 1.165) is 18.6 Å². The molecule has 0 saturated heterocycles. The molecule has 3 rings (SSSR count). The van der Waals surface area contributed by atoms with Crippen LogP contribution in [0.25, 0.3) is 11.5 Å². The first kappa shape index (κ1) is 23.4. The predicted molar refractivity (Wildman–Crippen MR) is 120 cm³/mol. The van der Waals surface area contributed by atoms with Crippen LogP contribution in [0.3, 0.4) is 0 Å². The molecule has 2 aromatic carbocycles. The van der Waals surface area contributed by atoms with Crippen molar-refractivity contribution >= 4 is 21.9 Å². The molecule has 0 bridgehead atoms. The maximum absolute atomic E-state index is 12.6. The van der Waals surface area contributed by atoms with Crippen LogP contribution in [0.15, 0.2) is 57.8 Å². The molecule has 1 aromatic heterocycles. The molecule has 0 aliphatic heterocycles. The molecule has 0 saturated carbocycles. The van der Waals surface area contributed by atoms with E-state index in [-0.39, 0.29) is 22.4 Å². The van der Waals surface area contributed by atoms with E-state index in [0.29, 0.717) is 18.7 Å². The maximum Gasteiger partial charge on any atom is 0.322 e. The summed E-state index contributed by atoms with van der Waals surface area (Å²) in [7, 11) is -2.05. The van der Waals surface area contributed by atoms with Crippen molar-refractivity contribution in [2.45, 2.75) is 31.6 Å². The van der Waals surface area contributed by atoms with Gasteiger partial charge in [-0.15, -0.1) is 5.10 Å². The van der Waals surface area contributed by atoms with Gasteiger partial charge in [0, 0.05) is 24.7 Å². The molecule has 0 aliphatic rings. The molecule has 0 atom stereocenters. The molecule has 0 unspecified atom stereocenters. The highest BCUT2D eigenvalue weighted by molar-refractivity contribution is 7.89. The van der Waals surface area contributed by atoms with Gasteiger partial charge in [0.25, 0.3) is 5.91 Å². The van der Waals surface area contributed by atoms with E-state index < -0.39 is 15.9 Å². The van der Waals surface area contributed by atoms with Gasteiger partial charge in [-0.2, -0.15) is 0 Å². The minimum Gasteiger partial charge on any atom is -0.494 e. The highest BCUT2D eigenvalue weighted by Crippen LogP contribution is 2.23. The zero-order chi connectivity index (χ0) is 23.1. The summed E-state index contributed by atoms with van der Waals surface area (Å²) in [6, 6.07) is 12.8. The Morgan fingerprint density at radius 2 is 1.75 bits per heavy atom. The van der Waals surface area contributed by atoms with Crippen molar-refractivity contribution in [1.82, 2.24) is 14.5 Å². The van der Waals surface area contributed by atoms with E-state index in [1.165, 1.54) is 28.6 Å². The topological polar surface area (TPSA) is 115 Å². The van der Waals surface area contributed by atoms with Crippen LogP contribution in [-0.2, 0) is 10.0 Å². The van der Waals surface area contributed by atoms with Crippen LogP contribution in [0, 0.1) is 0 Å². The van der Waals surface area contributed by atoms with Gasteiger partial charge in [0.15, 0.2) is 0 Å². The molecule has 1 amide bonds. The second kappa shape index (κ2) is 10.4. The minimum atomic E-state index is -3.59. The van der Waals surface area contributed by atoms with Gasteiger partial charge in [-0.3, -0.25) is 10.1 Å². The number of sulfonamides is 1. The van der Waals surface area contributed by atoms with Crippen LogP contribution in [-0.4, -0.2) is 49.0 Å². The third kappa shape index (κ3) is 5.51. The number of amides is 1. The smallest absolute Gasteiger partial charge is 0.322 e. The van der Waals surface area contributed by atoms with E-state index >= 15 is 0 Å². The fraction of sp³-hybridized carbons (Fsp3) is 0.318. The third-order valence-electron chi connectivity index (χ3n) is 4.71. The first-order valence-corrected chi connectivity index (χ1v) is 11.7. The summed E-state index contributed by atoms with van der Waals surface area (Å²) in [5.74, 6) is 0.487. The fourth-order valence-corrected chi connectivity index (χ4v) is 4.09. The summed E-state index contributed by atoms with van der Waals surface area (Å²) in [6.07, 6.45) is 1.67. The van der Waals surface area contributed by atoms with Crippen molar-refractivity contribution in [3.05, 3.63) is 54.1 Å². The van der Waals surface area contributed by atoms with Gasteiger partial charge in [-0.05, 0) is 61.9 Å². The van der Waals surface area contributed by atoms with Crippen LogP contribution in [0.5, 0.6) is 5.75 Å². The molecule has 1 N–H and O–H groups in total. The third-order valence-corrected chi connectivity index (χ3v) is 6.58. The number of nitrogens with zero attached hydrogens (tertiary/aromatic N) is 3. The van der Waals surface area contributed by atoms with E-state index in [1.54, 1.807) is 31.3 Å². The number of hydrogen-bond acceptors (Lipinski definition) is 7. The number of benzene rings is 2. The van der Waals surface area contributed by atoms with Crippen molar-refractivity contribution in [2.75, 3.05) is 25.5 Å². The molecule has 3 aromatic rings. The van der Waals surface area contributed by atoms with Gasteiger partial charge >= 0.3 is 6.01 Å². The number of rotatable bonds is 10. The van der Waals surface area contributed by atoms with Crippen molar-refractivity contribution in [2.24, 2.45) is 0 Å². The Morgan fingerprint density at radius 1 is 1.06 bits per heavy atom. The van der Waals surface area contributed by atoms with Gasteiger partial charge in [-0.25, -0.2) is 12.7 Å². The molecule has 0 fully saturated rings. The fourth-order valence-electron chi connectivity index (χ4n) is 2.88. The average Bonchev–Trinajstić information content (AvgIpc) is 3.26. The molecule has 0 radical (unpaired) electrons. The van der Waals surface area contributed by atoms with Gasteiger partial charge in [0.05, 0.1) is 11.5 Å². The normalized spacial score (nSPS) is 11.5. The lowest BCUT2D eigenvalue weighted by Crippen LogP contribution is -2.28. The number of hydrogen-bond donors (Lipinski definition) is 1. The lowest BCUT2D eigenvalue weighted by Gasteiger charge is -2.16. The van der Waals surface area contributed by atoms with Crippen LogP contribution < -0.4 is 10.1 Å². The standard InChI is InChI=1S/C22H26N4O5S/c1-4-6-15-26(3)32(28,29)19-13-9-16(10-14-19)20(27)23-22-25-24-21(31-22)17-7-11-18(12-8-17)30-5-2/h7-14H,4-6,15H2,1-3H3,(H,23,25,27). The molecule has 0 aliphatic carbocycles. The van der Waals surface area contributed by atoms with Crippen molar-refractivity contribution < 1.29 is 22.4 Å². The largest absolute Gasteiger partial charge is 0.494 e. The quantitative estimate of drug-likeness (QED) is 0.491. The summed E-state index contributed by atoms with van der Waals surface area (Å²) >= 11 is 0. The van der Waals surface area contributed by atoms with E-state index in [1.807, 2.05) is 13.8 Å².